The first-order valence-corrected chi connectivity index (χ1v) is 8.41. The van der Waals surface area contributed by atoms with E-state index in [1.54, 1.807) is 0 Å². The summed E-state index contributed by atoms with van der Waals surface area (Å²) in [5, 5.41) is 0. The zero-order chi connectivity index (χ0) is 16.1. The molecule has 0 bridgehead atoms. The van der Waals surface area contributed by atoms with Gasteiger partial charge in [-0.15, -0.1) is 0 Å². The van der Waals surface area contributed by atoms with Crippen LogP contribution in [0.1, 0.15) is 53.9 Å². The van der Waals surface area contributed by atoms with E-state index in [0.29, 0.717) is 18.6 Å². The van der Waals surface area contributed by atoms with Crippen molar-refractivity contribution in [2.45, 2.75) is 38.0 Å². The third-order valence-electron chi connectivity index (χ3n) is 4.82. The molecule has 0 aliphatic heterocycles. The fourth-order valence-corrected chi connectivity index (χ4v) is 3.57. The summed E-state index contributed by atoms with van der Waals surface area (Å²) in [7, 11) is 0. The van der Waals surface area contributed by atoms with Crippen LogP contribution in [0.5, 0.6) is 0 Å². The predicted octanol–water partition coefficient (Wildman–Crippen LogP) is 4.80. The molecule has 2 atom stereocenters. The molecule has 0 aromatic heterocycles. The maximum Gasteiger partial charge on any atom is 0.163 e. The van der Waals surface area contributed by atoms with E-state index in [9.17, 15) is 9.59 Å². The Morgan fingerprint density at radius 3 is 2.26 bits per heavy atom. The molecule has 118 valence electrons. The van der Waals surface area contributed by atoms with Gasteiger partial charge in [-0.2, -0.15) is 0 Å². The summed E-state index contributed by atoms with van der Waals surface area (Å²) in [4.78, 5) is 25.1. The van der Waals surface area contributed by atoms with E-state index in [2.05, 4.69) is 0 Å². The van der Waals surface area contributed by atoms with Crippen LogP contribution >= 0.6 is 0 Å². The van der Waals surface area contributed by atoms with E-state index in [1.807, 2.05) is 60.7 Å². The highest BCUT2D eigenvalue weighted by atomic mass is 16.1. The first-order valence-electron chi connectivity index (χ1n) is 8.41. The Morgan fingerprint density at radius 1 is 0.957 bits per heavy atom. The standard InChI is InChI=1S/C21H22O2/c22-20-14-8-7-13-18(20)19(16-9-3-1-4-10-16)15-21(23)17-11-5-2-6-12-17/h1-6,9-12,18-19H,7-8,13-15H2/t18-,19-/m0/s1. The lowest BCUT2D eigenvalue weighted by molar-refractivity contribution is -0.125. The Balaban J connectivity index is 1.86. The van der Waals surface area contributed by atoms with Gasteiger partial charge in [-0.25, -0.2) is 0 Å². The number of carbonyl (C=O) groups is 2. The van der Waals surface area contributed by atoms with Gasteiger partial charge in [-0.3, -0.25) is 9.59 Å². The molecule has 0 radical (unpaired) electrons. The predicted molar refractivity (Wildman–Crippen MR) is 91.5 cm³/mol. The average Bonchev–Trinajstić information content (AvgIpc) is 2.62. The SMILES string of the molecule is O=C(C[C@@H](c1ccccc1)[C@@H]1CCCCC1=O)c1ccccc1. The quantitative estimate of drug-likeness (QED) is 0.743. The van der Waals surface area contributed by atoms with E-state index in [-0.39, 0.29) is 17.6 Å². The minimum Gasteiger partial charge on any atom is -0.299 e. The Labute approximate surface area is 137 Å². The number of benzene rings is 2. The van der Waals surface area contributed by atoms with Crippen molar-refractivity contribution in [2.24, 2.45) is 5.92 Å². The van der Waals surface area contributed by atoms with Gasteiger partial charge in [0.1, 0.15) is 5.78 Å². The van der Waals surface area contributed by atoms with Crippen LogP contribution in [-0.2, 0) is 4.79 Å². The van der Waals surface area contributed by atoms with Crippen molar-refractivity contribution in [2.75, 3.05) is 0 Å². The lowest BCUT2D eigenvalue weighted by Crippen LogP contribution is -2.27. The molecular formula is C21H22O2. The van der Waals surface area contributed by atoms with Gasteiger partial charge in [0.15, 0.2) is 5.78 Å². The lowest BCUT2D eigenvalue weighted by atomic mass is 9.73. The molecule has 2 aromatic rings. The number of Topliss-reactive ketones (excluding diaryl/α,β-unsaturated/α-hetero) is 2. The van der Waals surface area contributed by atoms with Crippen molar-refractivity contribution in [1.82, 2.24) is 0 Å². The second-order valence-electron chi connectivity index (χ2n) is 6.33. The number of ketones is 2. The van der Waals surface area contributed by atoms with Crippen molar-refractivity contribution in [3.8, 4) is 0 Å². The van der Waals surface area contributed by atoms with Crippen LogP contribution in [0.3, 0.4) is 0 Å². The van der Waals surface area contributed by atoms with Crippen LogP contribution in [0.25, 0.3) is 0 Å². The fraction of sp³-hybridized carbons (Fsp3) is 0.333. The minimum atomic E-state index is -0.0150. The number of hydrogen-bond donors (Lipinski definition) is 0. The number of carbonyl (C=O) groups excluding carboxylic acids is 2. The molecule has 1 saturated carbocycles. The molecule has 1 aliphatic rings. The van der Waals surface area contributed by atoms with Crippen LogP contribution in [0.4, 0.5) is 0 Å². The van der Waals surface area contributed by atoms with Crippen LogP contribution in [0, 0.1) is 5.92 Å². The average molecular weight is 306 g/mol. The van der Waals surface area contributed by atoms with Crippen LogP contribution in [0.2, 0.25) is 0 Å². The summed E-state index contributed by atoms with van der Waals surface area (Å²) in [5.74, 6) is 0.430. The van der Waals surface area contributed by atoms with Gasteiger partial charge in [0.2, 0.25) is 0 Å². The summed E-state index contributed by atoms with van der Waals surface area (Å²) >= 11 is 0. The highest BCUT2D eigenvalue weighted by molar-refractivity contribution is 5.97. The van der Waals surface area contributed by atoms with Gasteiger partial charge in [0.25, 0.3) is 0 Å². The molecule has 23 heavy (non-hydrogen) atoms. The summed E-state index contributed by atoms with van der Waals surface area (Å²) in [6.07, 6.45) is 4.04. The van der Waals surface area contributed by atoms with Gasteiger partial charge in [-0.05, 0) is 18.4 Å². The van der Waals surface area contributed by atoms with Crippen LogP contribution in [0.15, 0.2) is 60.7 Å². The molecule has 2 heteroatoms. The Hall–Kier alpha value is -2.22. The molecule has 2 aromatic carbocycles. The molecule has 3 rings (SSSR count). The molecule has 0 amide bonds. The molecule has 0 unspecified atom stereocenters. The third kappa shape index (κ3) is 3.76. The maximum absolute atomic E-state index is 12.7. The fourth-order valence-electron chi connectivity index (χ4n) is 3.57. The van der Waals surface area contributed by atoms with Gasteiger partial charge in [-0.1, -0.05) is 67.1 Å². The molecule has 1 aliphatic carbocycles. The summed E-state index contributed by atoms with van der Waals surface area (Å²) < 4.78 is 0. The van der Waals surface area contributed by atoms with E-state index in [0.717, 1.165) is 30.4 Å². The summed E-state index contributed by atoms with van der Waals surface area (Å²) in [6, 6.07) is 19.4. The summed E-state index contributed by atoms with van der Waals surface area (Å²) in [6.45, 7) is 0. The zero-order valence-corrected chi connectivity index (χ0v) is 13.3. The van der Waals surface area contributed by atoms with Crippen molar-refractivity contribution in [3.63, 3.8) is 0 Å². The number of rotatable bonds is 5. The van der Waals surface area contributed by atoms with Crippen molar-refractivity contribution >= 4 is 11.6 Å². The first kappa shape index (κ1) is 15.7. The summed E-state index contributed by atoms with van der Waals surface area (Å²) in [5.41, 5.74) is 1.84. The van der Waals surface area contributed by atoms with E-state index >= 15 is 0 Å². The monoisotopic (exact) mass is 306 g/mol. The molecule has 0 heterocycles. The van der Waals surface area contributed by atoms with Gasteiger partial charge in [0, 0.05) is 30.2 Å². The maximum atomic E-state index is 12.7. The molecule has 2 nitrogen and oxygen atoms in total. The van der Waals surface area contributed by atoms with Gasteiger partial charge < -0.3 is 0 Å². The molecule has 1 fully saturated rings. The van der Waals surface area contributed by atoms with Crippen LogP contribution in [-0.4, -0.2) is 11.6 Å². The normalized spacial score (nSPS) is 19.3. The zero-order valence-electron chi connectivity index (χ0n) is 13.3. The molecular weight excluding hydrogens is 284 g/mol. The number of hydrogen-bond acceptors (Lipinski definition) is 2. The highest BCUT2D eigenvalue weighted by Gasteiger charge is 2.32. The van der Waals surface area contributed by atoms with Crippen LogP contribution < -0.4 is 0 Å². The van der Waals surface area contributed by atoms with Crippen molar-refractivity contribution in [1.29, 1.82) is 0 Å². The highest BCUT2D eigenvalue weighted by Crippen LogP contribution is 2.37. The molecule has 0 N–H and O–H groups in total. The Morgan fingerprint density at radius 2 is 1.61 bits per heavy atom. The third-order valence-corrected chi connectivity index (χ3v) is 4.82. The topological polar surface area (TPSA) is 34.1 Å². The smallest absolute Gasteiger partial charge is 0.163 e. The molecule has 0 saturated heterocycles. The minimum absolute atomic E-state index is 0.00305. The molecule has 0 spiro atoms. The largest absolute Gasteiger partial charge is 0.299 e. The van der Waals surface area contributed by atoms with E-state index in [1.165, 1.54) is 0 Å². The Bertz CT molecular complexity index is 661. The second kappa shape index (κ2) is 7.36. The second-order valence-corrected chi connectivity index (χ2v) is 6.33. The van der Waals surface area contributed by atoms with Gasteiger partial charge >= 0.3 is 0 Å². The van der Waals surface area contributed by atoms with Gasteiger partial charge in [0.05, 0.1) is 0 Å². The first-order chi connectivity index (χ1) is 11.3. The van der Waals surface area contributed by atoms with Crippen molar-refractivity contribution in [3.05, 3.63) is 71.8 Å². The lowest BCUT2D eigenvalue weighted by Gasteiger charge is -2.29. The van der Waals surface area contributed by atoms with Crippen molar-refractivity contribution < 1.29 is 9.59 Å². The van der Waals surface area contributed by atoms with E-state index < -0.39 is 0 Å². The van der Waals surface area contributed by atoms with E-state index in [4.69, 9.17) is 0 Å². The Kier molecular flexibility index (Phi) is 5.02.